The SMILES string of the molecule is O=C(O)c1cc(C(=O)O)c(C(=O)N(Cc2ccccc2-c2ccc(C(F)(F)F)cc2)[C@H]2CCCc3ccccc32)cc1C(=O)O. The first kappa shape index (κ1) is 31.0. The molecule has 1 aliphatic carbocycles. The Kier molecular flexibility index (Phi) is 8.45. The zero-order valence-corrected chi connectivity index (χ0v) is 23.5. The predicted octanol–water partition coefficient (Wildman–Crippen LogP) is 7.19. The van der Waals surface area contributed by atoms with Gasteiger partial charge >= 0.3 is 24.1 Å². The number of alkyl halides is 3. The van der Waals surface area contributed by atoms with Crippen molar-refractivity contribution < 1.29 is 47.7 Å². The highest BCUT2D eigenvalue weighted by molar-refractivity contribution is 6.10. The van der Waals surface area contributed by atoms with Crippen molar-refractivity contribution >= 4 is 23.8 Å². The third-order valence-electron chi connectivity index (χ3n) is 7.94. The Morgan fingerprint density at radius 3 is 1.91 bits per heavy atom. The number of aryl methyl sites for hydroxylation is 1. The number of fused-ring (bicyclic) bond motifs is 1. The number of benzene rings is 4. The van der Waals surface area contributed by atoms with Crippen LogP contribution in [0.4, 0.5) is 13.2 Å². The van der Waals surface area contributed by atoms with Gasteiger partial charge in [-0.25, -0.2) is 14.4 Å². The quantitative estimate of drug-likeness (QED) is 0.191. The van der Waals surface area contributed by atoms with Crippen molar-refractivity contribution in [3.8, 4) is 11.1 Å². The number of carboxylic acid groups (broad SMARTS) is 3. The summed E-state index contributed by atoms with van der Waals surface area (Å²) < 4.78 is 39.7. The van der Waals surface area contributed by atoms with Gasteiger partial charge in [0.25, 0.3) is 5.91 Å². The monoisotopic (exact) mass is 617 g/mol. The van der Waals surface area contributed by atoms with Gasteiger partial charge in [0.15, 0.2) is 0 Å². The predicted molar refractivity (Wildman–Crippen MR) is 156 cm³/mol. The molecule has 3 N–H and O–H groups in total. The van der Waals surface area contributed by atoms with Gasteiger partial charge in [-0.3, -0.25) is 4.79 Å². The first-order chi connectivity index (χ1) is 21.4. The Morgan fingerprint density at radius 1 is 0.733 bits per heavy atom. The van der Waals surface area contributed by atoms with E-state index in [1.54, 1.807) is 24.3 Å². The van der Waals surface area contributed by atoms with Gasteiger partial charge in [0.2, 0.25) is 0 Å². The lowest BCUT2D eigenvalue weighted by molar-refractivity contribution is -0.137. The molecule has 1 atom stereocenters. The maximum atomic E-state index is 14.4. The Bertz CT molecular complexity index is 1820. The lowest BCUT2D eigenvalue weighted by Crippen LogP contribution is -2.37. The molecule has 4 aromatic rings. The molecule has 4 aromatic carbocycles. The fourth-order valence-corrected chi connectivity index (χ4v) is 5.80. The van der Waals surface area contributed by atoms with Gasteiger partial charge in [0, 0.05) is 6.54 Å². The second-order valence-electron chi connectivity index (χ2n) is 10.6. The molecule has 0 fully saturated rings. The fourth-order valence-electron chi connectivity index (χ4n) is 5.80. The van der Waals surface area contributed by atoms with E-state index >= 15 is 0 Å². The van der Waals surface area contributed by atoms with Gasteiger partial charge in [-0.05, 0) is 71.3 Å². The van der Waals surface area contributed by atoms with E-state index in [2.05, 4.69) is 0 Å². The first-order valence-corrected chi connectivity index (χ1v) is 13.9. The molecule has 0 aliphatic heterocycles. The number of rotatable bonds is 8. The van der Waals surface area contributed by atoms with Gasteiger partial charge in [0.1, 0.15) is 0 Å². The van der Waals surface area contributed by atoms with Crippen molar-refractivity contribution in [1.82, 2.24) is 4.90 Å². The minimum Gasteiger partial charge on any atom is -0.478 e. The van der Waals surface area contributed by atoms with Gasteiger partial charge in [-0.2, -0.15) is 13.2 Å². The van der Waals surface area contributed by atoms with E-state index in [1.807, 2.05) is 24.3 Å². The lowest BCUT2D eigenvalue weighted by Gasteiger charge is -2.37. The van der Waals surface area contributed by atoms with Crippen LogP contribution in [0.1, 0.15) is 82.6 Å². The van der Waals surface area contributed by atoms with Crippen LogP contribution in [-0.4, -0.2) is 44.0 Å². The van der Waals surface area contributed by atoms with Crippen molar-refractivity contribution in [2.24, 2.45) is 0 Å². The van der Waals surface area contributed by atoms with Crippen LogP contribution in [-0.2, 0) is 19.1 Å². The number of carboxylic acids is 3. The van der Waals surface area contributed by atoms with Crippen molar-refractivity contribution in [3.05, 3.63) is 129 Å². The number of nitrogens with zero attached hydrogens (tertiary/aromatic N) is 1. The van der Waals surface area contributed by atoms with Crippen LogP contribution >= 0.6 is 0 Å². The van der Waals surface area contributed by atoms with Crippen LogP contribution in [0.25, 0.3) is 11.1 Å². The number of carbonyl (C=O) groups is 4. The van der Waals surface area contributed by atoms with Crippen LogP contribution in [0.5, 0.6) is 0 Å². The molecule has 0 bridgehead atoms. The summed E-state index contributed by atoms with van der Waals surface area (Å²) >= 11 is 0. The summed E-state index contributed by atoms with van der Waals surface area (Å²) in [5.41, 5.74) is -0.170. The van der Waals surface area contributed by atoms with E-state index in [1.165, 1.54) is 17.0 Å². The molecule has 11 heteroatoms. The molecule has 1 aliphatic rings. The summed E-state index contributed by atoms with van der Waals surface area (Å²) in [5.74, 6) is -5.78. The molecule has 0 radical (unpaired) electrons. The minimum atomic E-state index is -4.53. The van der Waals surface area contributed by atoms with Crippen molar-refractivity contribution in [3.63, 3.8) is 0 Å². The third kappa shape index (κ3) is 6.28. The number of halogens is 3. The number of amides is 1. The molecule has 0 aromatic heterocycles. The molecule has 45 heavy (non-hydrogen) atoms. The zero-order valence-electron chi connectivity index (χ0n) is 23.5. The van der Waals surface area contributed by atoms with Crippen LogP contribution < -0.4 is 0 Å². The van der Waals surface area contributed by atoms with E-state index in [9.17, 15) is 47.7 Å². The molecule has 0 spiro atoms. The Hall–Kier alpha value is -5.45. The van der Waals surface area contributed by atoms with Crippen LogP contribution in [0, 0.1) is 0 Å². The largest absolute Gasteiger partial charge is 0.478 e. The fraction of sp³-hybridized carbons (Fsp3) is 0.176. The topological polar surface area (TPSA) is 132 Å². The van der Waals surface area contributed by atoms with Crippen LogP contribution in [0.15, 0.2) is 84.9 Å². The highest BCUT2D eigenvalue weighted by Crippen LogP contribution is 2.38. The molecule has 0 unspecified atom stereocenters. The third-order valence-corrected chi connectivity index (χ3v) is 7.94. The first-order valence-electron chi connectivity index (χ1n) is 13.9. The Balaban J connectivity index is 1.67. The van der Waals surface area contributed by atoms with Gasteiger partial charge in [-0.15, -0.1) is 0 Å². The molecule has 230 valence electrons. The van der Waals surface area contributed by atoms with Gasteiger partial charge in [0.05, 0.1) is 33.9 Å². The summed E-state index contributed by atoms with van der Waals surface area (Å²) in [6, 6.07) is 19.7. The molecular weight excluding hydrogens is 591 g/mol. The lowest BCUT2D eigenvalue weighted by atomic mass is 9.85. The maximum Gasteiger partial charge on any atom is 0.416 e. The van der Waals surface area contributed by atoms with E-state index in [0.717, 1.165) is 35.7 Å². The number of hydrogen-bond acceptors (Lipinski definition) is 4. The number of carbonyl (C=O) groups excluding carboxylic acids is 1. The smallest absolute Gasteiger partial charge is 0.416 e. The molecule has 0 saturated carbocycles. The number of aromatic carboxylic acids is 3. The van der Waals surface area contributed by atoms with Gasteiger partial charge < -0.3 is 20.2 Å². The molecule has 0 saturated heterocycles. The summed E-state index contributed by atoms with van der Waals surface area (Å²) in [4.78, 5) is 51.9. The van der Waals surface area contributed by atoms with E-state index in [-0.39, 0.29) is 6.54 Å². The van der Waals surface area contributed by atoms with Gasteiger partial charge in [-0.1, -0.05) is 60.7 Å². The Morgan fingerprint density at radius 2 is 1.29 bits per heavy atom. The Labute approximate surface area is 255 Å². The maximum absolute atomic E-state index is 14.4. The van der Waals surface area contributed by atoms with Crippen molar-refractivity contribution in [1.29, 1.82) is 0 Å². The second kappa shape index (κ2) is 12.3. The second-order valence-corrected chi connectivity index (χ2v) is 10.6. The summed E-state index contributed by atoms with van der Waals surface area (Å²) in [6.45, 7) is -0.114. The van der Waals surface area contributed by atoms with Crippen LogP contribution in [0.2, 0.25) is 0 Å². The van der Waals surface area contributed by atoms with E-state index in [4.69, 9.17) is 0 Å². The van der Waals surface area contributed by atoms with Crippen LogP contribution in [0.3, 0.4) is 0 Å². The average molecular weight is 618 g/mol. The summed E-state index contributed by atoms with van der Waals surface area (Å²) in [6.07, 6.45) is -2.60. The molecule has 5 rings (SSSR count). The van der Waals surface area contributed by atoms with E-state index < -0.39 is 63.9 Å². The normalized spacial score (nSPS) is 14.3. The summed E-state index contributed by atoms with van der Waals surface area (Å²) in [5, 5.41) is 29.3. The van der Waals surface area contributed by atoms with E-state index in [0.29, 0.717) is 35.6 Å². The number of hydrogen-bond donors (Lipinski definition) is 3. The van der Waals surface area contributed by atoms with Crippen molar-refractivity contribution in [2.45, 2.75) is 38.0 Å². The standard InChI is InChI=1S/C34H26F3NO7/c35-34(36,37)22-14-12-20(13-15-22)23-9-3-2-7-21(23)18-38(29-11-5-8-19-6-1-4-10-24(19)29)30(39)25-16-27(32(42)43)28(33(44)45)17-26(25)31(40)41/h1-4,6-7,9-10,12-17,29H,5,8,11,18H2,(H,40,41)(H,42,43)(H,44,45)/t29-/m0/s1. The summed E-state index contributed by atoms with van der Waals surface area (Å²) in [7, 11) is 0. The molecule has 1 amide bonds. The minimum absolute atomic E-state index is 0.114. The molecular formula is C34H26F3NO7. The highest BCUT2D eigenvalue weighted by atomic mass is 19.4. The average Bonchev–Trinajstić information content (AvgIpc) is 3.02. The van der Waals surface area contributed by atoms with Crippen molar-refractivity contribution in [2.75, 3.05) is 0 Å². The molecule has 0 heterocycles. The molecule has 8 nitrogen and oxygen atoms in total. The zero-order chi connectivity index (χ0) is 32.5. The highest BCUT2D eigenvalue weighted by Gasteiger charge is 2.34.